The molecule has 72 valence electrons. The molecule has 1 fully saturated rings. The Hall–Kier alpha value is -0.340. The van der Waals surface area contributed by atoms with E-state index in [2.05, 4.69) is 25.3 Å². The summed E-state index contributed by atoms with van der Waals surface area (Å²) in [6.45, 7) is 4.45. The van der Waals surface area contributed by atoms with Crippen molar-refractivity contribution < 1.29 is 5.11 Å². The van der Waals surface area contributed by atoms with E-state index in [1.807, 2.05) is 11.3 Å². The summed E-state index contributed by atoms with van der Waals surface area (Å²) in [5.74, 6) is 0. The molecular formula is C11H16OS. The van der Waals surface area contributed by atoms with Gasteiger partial charge >= 0.3 is 0 Å². The molecule has 0 aliphatic heterocycles. The average molecular weight is 196 g/mol. The number of hydrogen-bond donors (Lipinski definition) is 1. The molecule has 0 saturated heterocycles. The predicted molar refractivity (Wildman–Crippen MR) is 56.3 cm³/mol. The molecule has 1 aliphatic carbocycles. The van der Waals surface area contributed by atoms with Crippen molar-refractivity contribution >= 4 is 11.3 Å². The summed E-state index contributed by atoms with van der Waals surface area (Å²) >= 11 is 1.81. The van der Waals surface area contributed by atoms with Crippen molar-refractivity contribution in [2.24, 2.45) is 0 Å². The second-order valence-electron chi connectivity index (χ2n) is 4.35. The third-order valence-electron chi connectivity index (χ3n) is 3.22. The van der Waals surface area contributed by atoms with E-state index in [1.54, 1.807) is 0 Å². The molecular weight excluding hydrogens is 180 g/mol. The second-order valence-corrected chi connectivity index (χ2v) is 5.47. The van der Waals surface area contributed by atoms with Crippen LogP contribution in [-0.4, -0.2) is 11.2 Å². The number of hydrogen-bond acceptors (Lipinski definition) is 2. The highest BCUT2D eigenvalue weighted by molar-refractivity contribution is 7.10. The lowest BCUT2D eigenvalue weighted by Crippen LogP contribution is -2.18. The van der Waals surface area contributed by atoms with Crippen molar-refractivity contribution in [2.45, 2.75) is 44.6 Å². The molecule has 0 aromatic carbocycles. The van der Waals surface area contributed by atoms with Gasteiger partial charge in [-0.2, -0.15) is 0 Å². The van der Waals surface area contributed by atoms with Crippen molar-refractivity contribution in [3.8, 4) is 0 Å². The maximum atomic E-state index is 9.56. The van der Waals surface area contributed by atoms with Crippen LogP contribution in [0.5, 0.6) is 0 Å². The molecule has 2 atom stereocenters. The smallest absolute Gasteiger partial charge is 0.0549 e. The Morgan fingerprint density at radius 2 is 2.38 bits per heavy atom. The van der Waals surface area contributed by atoms with Gasteiger partial charge in [-0.3, -0.25) is 0 Å². The van der Waals surface area contributed by atoms with Crippen molar-refractivity contribution in [1.29, 1.82) is 0 Å². The maximum absolute atomic E-state index is 9.56. The van der Waals surface area contributed by atoms with Crippen molar-refractivity contribution in [3.63, 3.8) is 0 Å². The lowest BCUT2D eigenvalue weighted by molar-refractivity contribution is 0.175. The van der Waals surface area contributed by atoms with E-state index in [4.69, 9.17) is 0 Å². The van der Waals surface area contributed by atoms with Gasteiger partial charge < -0.3 is 5.11 Å². The van der Waals surface area contributed by atoms with E-state index in [0.29, 0.717) is 0 Å². The van der Waals surface area contributed by atoms with E-state index >= 15 is 0 Å². The lowest BCUT2D eigenvalue weighted by atomic mass is 9.81. The second kappa shape index (κ2) is 3.10. The summed E-state index contributed by atoms with van der Waals surface area (Å²) in [4.78, 5) is 1.41. The summed E-state index contributed by atoms with van der Waals surface area (Å²) < 4.78 is 0. The first-order valence-corrected chi connectivity index (χ1v) is 5.72. The molecule has 2 unspecified atom stereocenters. The molecule has 2 rings (SSSR count). The summed E-state index contributed by atoms with van der Waals surface area (Å²) in [5, 5.41) is 11.7. The van der Waals surface area contributed by atoms with Gasteiger partial charge in [0.15, 0.2) is 0 Å². The Labute approximate surface area is 83.4 Å². The van der Waals surface area contributed by atoms with Crippen molar-refractivity contribution in [2.75, 3.05) is 0 Å². The fourth-order valence-corrected chi connectivity index (χ4v) is 3.31. The average Bonchev–Trinajstić information content (AvgIpc) is 2.59. The predicted octanol–water partition coefficient (Wildman–Crippen LogP) is 2.86. The van der Waals surface area contributed by atoms with Crippen LogP contribution in [0.25, 0.3) is 0 Å². The third kappa shape index (κ3) is 1.53. The Bertz CT molecular complexity index is 305. The largest absolute Gasteiger partial charge is 0.393 e. The zero-order chi connectivity index (χ0) is 9.47. The van der Waals surface area contributed by atoms with Gasteiger partial charge in [-0.25, -0.2) is 0 Å². The number of aryl methyl sites for hydroxylation is 1. The van der Waals surface area contributed by atoms with Gasteiger partial charge in [0.05, 0.1) is 6.10 Å². The molecule has 1 aromatic rings. The first kappa shape index (κ1) is 9.22. The van der Waals surface area contributed by atoms with Gasteiger partial charge in [-0.1, -0.05) is 6.92 Å². The normalized spacial score (nSPS) is 33.9. The molecule has 0 bridgehead atoms. The van der Waals surface area contributed by atoms with E-state index in [9.17, 15) is 5.11 Å². The zero-order valence-electron chi connectivity index (χ0n) is 8.21. The molecule has 0 radical (unpaired) electrons. The summed E-state index contributed by atoms with van der Waals surface area (Å²) in [7, 11) is 0. The van der Waals surface area contributed by atoms with Crippen LogP contribution in [-0.2, 0) is 5.41 Å². The lowest BCUT2D eigenvalue weighted by Gasteiger charge is -2.23. The quantitative estimate of drug-likeness (QED) is 0.732. The summed E-state index contributed by atoms with van der Waals surface area (Å²) in [6.07, 6.45) is 2.95. The van der Waals surface area contributed by atoms with Gasteiger partial charge in [-0.05, 0) is 48.6 Å². The molecule has 2 heteroatoms. The molecule has 1 heterocycles. The van der Waals surface area contributed by atoms with E-state index in [0.717, 1.165) is 19.3 Å². The van der Waals surface area contributed by atoms with Gasteiger partial charge in [0, 0.05) is 4.88 Å². The Kier molecular flexibility index (Phi) is 2.20. The highest BCUT2D eigenvalue weighted by Crippen LogP contribution is 2.43. The van der Waals surface area contributed by atoms with Crippen LogP contribution in [0.3, 0.4) is 0 Å². The van der Waals surface area contributed by atoms with Crippen LogP contribution in [0.4, 0.5) is 0 Å². The molecule has 1 aromatic heterocycles. The first-order chi connectivity index (χ1) is 6.12. The summed E-state index contributed by atoms with van der Waals surface area (Å²) in [6, 6.07) is 2.22. The van der Waals surface area contributed by atoms with Crippen LogP contribution in [0.2, 0.25) is 0 Å². The van der Waals surface area contributed by atoms with Crippen molar-refractivity contribution in [1.82, 2.24) is 0 Å². The summed E-state index contributed by atoms with van der Waals surface area (Å²) in [5.41, 5.74) is 1.69. The molecule has 1 aliphatic rings. The van der Waals surface area contributed by atoms with Crippen LogP contribution < -0.4 is 0 Å². The molecule has 0 amide bonds. The van der Waals surface area contributed by atoms with Crippen LogP contribution >= 0.6 is 11.3 Å². The zero-order valence-corrected chi connectivity index (χ0v) is 9.03. The Morgan fingerprint density at radius 1 is 1.62 bits per heavy atom. The maximum Gasteiger partial charge on any atom is 0.0549 e. The van der Waals surface area contributed by atoms with E-state index < -0.39 is 0 Å². The van der Waals surface area contributed by atoms with Gasteiger partial charge in [0.1, 0.15) is 0 Å². The monoisotopic (exact) mass is 196 g/mol. The van der Waals surface area contributed by atoms with Gasteiger partial charge in [-0.15, -0.1) is 11.3 Å². The third-order valence-corrected chi connectivity index (χ3v) is 4.07. The minimum Gasteiger partial charge on any atom is -0.393 e. The fourth-order valence-electron chi connectivity index (χ4n) is 2.47. The number of aliphatic hydroxyl groups excluding tert-OH is 1. The minimum absolute atomic E-state index is 0.0794. The minimum atomic E-state index is -0.0794. The SMILES string of the molecule is Cc1sccc1C1(C)CCC(O)C1. The van der Waals surface area contributed by atoms with Crippen LogP contribution in [0.1, 0.15) is 36.6 Å². The van der Waals surface area contributed by atoms with Crippen molar-refractivity contribution in [3.05, 3.63) is 21.9 Å². The van der Waals surface area contributed by atoms with E-state index in [-0.39, 0.29) is 11.5 Å². The van der Waals surface area contributed by atoms with E-state index in [1.165, 1.54) is 10.4 Å². The number of aliphatic hydroxyl groups is 1. The Balaban J connectivity index is 2.30. The molecule has 1 saturated carbocycles. The highest BCUT2D eigenvalue weighted by atomic mass is 32.1. The topological polar surface area (TPSA) is 20.2 Å². The van der Waals surface area contributed by atoms with Crippen LogP contribution in [0.15, 0.2) is 11.4 Å². The standard InChI is InChI=1S/C11H16OS/c1-8-10(4-6-13-8)11(2)5-3-9(12)7-11/h4,6,9,12H,3,5,7H2,1-2H3. The highest BCUT2D eigenvalue weighted by Gasteiger charge is 2.36. The molecule has 0 spiro atoms. The first-order valence-electron chi connectivity index (χ1n) is 4.84. The molecule has 1 N–H and O–H groups in total. The fraction of sp³-hybridized carbons (Fsp3) is 0.636. The van der Waals surface area contributed by atoms with Crippen LogP contribution in [0, 0.1) is 6.92 Å². The number of rotatable bonds is 1. The van der Waals surface area contributed by atoms with Gasteiger partial charge in [0.25, 0.3) is 0 Å². The van der Waals surface area contributed by atoms with Gasteiger partial charge in [0.2, 0.25) is 0 Å². The molecule has 1 nitrogen and oxygen atoms in total. The Morgan fingerprint density at radius 3 is 2.85 bits per heavy atom. The molecule has 13 heavy (non-hydrogen) atoms. The number of thiophene rings is 1.